The van der Waals surface area contributed by atoms with Crippen LogP contribution in [-0.4, -0.2) is 65.5 Å². The third-order valence-electron chi connectivity index (χ3n) is 4.60. The predicted octanol–water partition coefficient (Wildman–Crippen LogP) is 2.48. The van der Waals surface area contributed by atoms with Crippen LogP contribution in [0.15, 0.2) is 33.6 Å². The topological polar surface area (TPSA) is 52.7 Å². The Balaban J connectivity index is 1.72. The van der Waals surface area contributed by atoms with E-state index in [0.29, 0.717) is 19.0 Å². The molecule has 0 amide bonds. The van der Waals surface area contributed by atoms with Crippen molar-refractivity contribution in [3.63, 3.8) is 0 Å². The molecule has 24 heavy (non-hydrogen) atoms. The Morgan fingerprint density at radius 3 is 2.58 bits per heavy atom. The third-order valence-corrected chi connectivity index (χ3v) is 5.34. The summed E-state index contributed by atoms with van der Waals surface area (Å²) in [5.41, 5.74) is 1.94. The van der Waals surface area contributed by atoms with E-state index in [-0.39, 0.29) is 12.1 Å². The molecule has 0 bridgehead atoms. The van der Waals surface area contributed by atoms with Crippen LogP contribution in [0.1, 0.15) is 11.5 Å². The van der Waals surface area contributed by atoms with Gasteiger partial charge in [0.05, 0.1) is 11.8 Å². The normalized spacial score (nSPS) is 21.8. The van der Waals surface area contributed by atoms with E-state index in [9.17, 15) is 5.11 Å². The Morgan fingerprint density at radius 1 is 1.29 bits per heavy atom. The first-order valence-electron chi connectivity index (χ1n) is 8.15. The maximum Gasteiger partial charge on any atom is 0.226 e. The number of aryl methyl sites for hydroxylation is 1. The molecule has 1 aromatic heterocycles. The van der Waals surface area contributed by atoms with Gasteiger partial charge in [-0.05, 0) is 51.5 Å². The summed E-state index contributed by atoms with van der Waals surface area (Å²) in [4.78, 5) is 10.2. The van der Waals surface area contributed by atoms with Gasteiger partial charge in [0, 0.05) is 36.1 Å². The molecule has 3 rings (SSSR count). The molecule has 1 saturated heterocycles. The summed E-state index contributed by atoms with van der Waals surface area (Å²) in [7, 11) is 4.02. The fourth-order valence-corrected chi connectivity index (χ4v) is 3.54. The van der Waals surface area contributed by atoms with Gasteiger partial charge in [-0.25, -0.2) is 4.98 Å². The zero-order chi connectivity index (χ0) is 17.3. The molecule has 0 spiro atoms. The average Bonchev–Trinajstić information content (AvgIpc) is 3.11. The zero-order valence-corrected chi connectivity index (χ0v) is 15.5. The van der Waals surface area contributed by atoms with Crippen molar-refractivity contribution in [3.8, 4) is 11.5 Å². The SMILES string of the molecule is CSc1ccc(-c2nc(CN3CC(O)C(N(C)C)C3)c(C)o2)cc1. The molecule has 0 saturated carbocycles. The molecule has 0 radical (unpaired) electrons. The molecule has 1 N–H and O–H groups in total. The van der Waals surface area contributed by atoms with Gasteiger partial charge in [-0.2, -0.15) is 0 Å². The number of likely N-dealkylation sites (tertiary alicyclic amines) is 1. The van der Waals surface area contributed by atoms with Gasteiger partial charge in [-0.3, -0.25) is 4.90 Å². The van der Waals surface area contributed by atoms with Crippen molar-refractivity contribution in [2.24, 2.45) is 0 Å². The molecule has 2 aromatic rings. The number of likely N-dealkylation sites (N-methyl/N-ethyl adjacent to an activating group) is 1. The van der Waals surface area contributed by atoms with Crippen molar-refractivity contribution in [2.75, 3.05) is 33.4 Å². The summed E-state index contributed by atoms with van der Waals surface area (Å²) in [6, 6.07) is 8.43. The Kier molecular flexibility index (Phi) is 5.30. The van der Waals surface area contributed by atoms with Crippen molar-refractivity contribution in [1.82, 2.24) is 14.8 Å². The number of rotatable bonds is 5. The van der Waals surface area contributed by atoms with Crippen molar-refractivity contribution in [1.29, 1.82) is 0 Å². The minimum absolute atomic E-state index is 0.177. The molecule has 1 fully saturated rings. The van der Waals surface area contributed by atoms with Gasteiger partial charge in [-0.1, -0.05) is 0 Å². The van der Waals surface area contributed by atoms with Crippen LogP contribution in [0, 0.1) is 6.92 Å². The highest BCUT2D eigenvalue weighted by Gasteiger charge is 2.33. The zero-order valence-electron chi connectivity index (χ0n) is 14.7. The van der Waals surface area contributed by atoms with E-state index in [1.165, 1.54) is 4.90 Å². The average molecular weight is 347 g/mol. The van der Waals surface area contributed by atoms with Crippen LogP contribution >= 0.6 is 11.8 Å². The quantitative estimate of drug-likeness (QED) is 0.839. The van der Waals surface area contributed by atoms with Crippen LogP contribution in [0.5, 0.6) is 0 Å². The van der Waals surface area contributed by atoms with E-state index >= 15 is 0 Å². The second-order valence-electron chi connectivity index (χ2n) is 6.54. The molecule has 0 aliphatic carbocycles. The Bertz CT molecular complexity index is 684. The monoisotopic (exact) mass is 347 g/mol. The van der Waals surface area contributed by atoms with Crippen molar-refractivity contribution < 1.29 is 9.52 Å². The first-order chi connectivity index (χ1) is 11.5. The first-order valence-corrected chi connectivity index (χ1v) is 9.38. The van der Waals surface area contributed by atoms with Gasteiger partial charge >= 0.3 is 0 Å². The molecule has 1 aromatic carbocycles. The summed E-state index contributed by atoms with van der Waals surface area (Å²) in [5, 5.41) is 10.2. The van der Waals surface area contributed by atoms with Crippen molar-refractivity contribution >= 4 is 11.8 Å². The predicted molar refractivity (Wildman–Crippen MR) is 97.2 cm³/mol. The number of aliphatic hydroxyl groups excluding tert-OH is 1. The smallest absolute Gasteiger partial charge is 0.226 e. The lowest BCUT2D eigenvalue weighted by Gasteiger charge is -2.21. The van der Waals surface area contributed by atoms with E-state index in [4.69, 9.17) is 4.42 Å². The lowest BCUT2D eigenvalue weighted by molar-refractivity contribution is 0.112. The largest absolute Gasteiger partial charge is 0.441 e. The number of aliphatic hydroxyl groups is 1. The molecule has 5 nitrogen and oxygen atoms in total. The number of hydrogen-bond acceptors (Lipinski definition) is 6. The molecule has 2 atom stereocenters. The second kappa shape index (κ2) is 7.27. The first kappa shape index (κ1) is 17.5. The molecule has 2 unspecified atom stereocenters. The molecular weight excluding hydrogens is 322 g/mol. The molecule has 1 aliphatic rings. The molecular formula is C18H25N3O2S. The van der Waals surface area contributed by atoms with Gasteiger partial charge in [-0.15, -0.1) is 11.8 Å². The van der Waals surface area contributed by atoms with Crippen LogP contribution in [0.4, 0.5) is 0 Å². The molecule has 1 aliphatic heterocycles. The highest BCUT2D eigenvalue weighted by atomic mass is 32.2. The Morgan fingerprint density at radius 2 is 2.00 bits per heavy atom. The summed E-state index contributed by atoms with van der Waals surface area (Å²) < 4.78 is 5.87. The fourth-order valence-electron chi connectivity index (χ4n) is 3.13. The number of β-amino-alcohol motifs (C(OH)–C–C–N with tert-alkyl or cyclic N) is 1. The lowest BCUT2D eigenvalue weighted by atomic mass is 10.2. The van der Waals surface area contributed by atoms with E-state index in [2.05, 4.69) is 33.2 Å². The molecule has 130 valence electrons. The molecule has 6 heteroatoms. The maximum atomic E-state index is 10.2. The van der Waals surface area contributed by atoms with Gasteiger partial charge in [0.15, 0.2) is 0 Å². The molecule has 2 heterocycles. The van der Waals surface area contributed by atoms with Crippen LogP contribution in [0.2, 0.25) is 0 Å². The van der Waals surface area contributed by atoms with Crippen LogP contribution in [0.25, 0.3) is 11.5 Å². The number of thioether (sulfide) groups is 1. The highest BCUT2D eigenvalue weighted by Crippen LogP contribution is 2.26. The van der Waals surface area contributed by atoms with Crippen molar-refractivity contribution in [2.45, 2.75) is 30.5 Å². The van der Waals surface area contributed by atoms with Gasteiger partial charge < -0.3 is 14.4 Å². The van der Waals surface area contributed by atoms with E-state index < -0.39 is 0 Å². The second-order valence-corrected chi connectivity index (χ2v) is 7.42. The fraction of sp³-hybridized carbons (Fsp3) is 0.500. The number of nitrogens with zero attached hydrogens (tertiary/aromatic N) is 3. The number of aromatic nitrogens is 1. The Hall–Kier alpha value is -1.34. The van der Waals surface area contributed by atoms with Gasteiger partial charge in [0.1, 0.15) is 5.76 Å². The van der Waals surface area contributed by atoms with Crippen LogP contribution in [-0.2, 0) is 6.54 Å². The van der Waals surface area contributed by atoms with Crippen LogP contribution < -0.4 is 0 Å². The minimum atomic E-state index is -0.314. The standard InChI is InChI=1S/C18H25N3O2S/c1-12-15(9-21-10-16(20(2)3)17(22)11-21)19-18(23-12)13-5-7-14(24-4)8-6-13/h5-8,16-17,22H,9-11H2,1-4H3. The minimum Gasteiger partial charge on any atom is -0.441 e. The van der Waals surface area contributed by atoms with Crippen LogP contribution in [0.3, 0.4) is 0 Å². The highest BCUT2D eigenvalue weighted by molar-refractivity contribution is 7.98. The maximum absolute atomic E-state index is 10.2. The van der Waals surface area contributed by atoms with Gasteiger partial charge in [0.2, 0.25) is 5.89 Å². The summed E-state index contributed by atoms with van der Waals surface area (Å²) >= 11 is 1.72. The van der Waals surface area contributed by atoms with Gasteiger partial charge in [0.25, 0.3) is 0 Å². The van der Waals surface area contributed by atoms with E-state index in [1.54, 1.807) is 11.8 Å². The summed E-state index contributed by atoms with van der Waals surface area (Å²) in [6.07, 6.45) is 1.75. The van der Waals surface area contributed by atoms with E-state index in [1.807, 2.05) is 33.2 Å². The number of hydrogen-bond donors (Lipinski definition) is 1. The third kappa shape index (κ3) is 3.67. The number of oxazole rings is 1. The van der Waals surface area contributed by atoms with E-state index in [0.717, 1.165) is 23.6 Å². The Labute approximate surface area is 147 Å². The lowest BCUT2D eigenvalue weighted by Crippen LogP contribution is -2.37. The van der Waals surface area contributed by atoms with Crippen molar-refractivity contribution in [3.05, 3.63) is 35.7 Å². The summed E-state index contributed by atoms with van der Waals surface area (Å²) in [5.74, 6) is 1.51. The summed E-state index contributed by atoms with van der Waals surface area (Å²) in [6.45, 7) is 4.18. The number of benzene rings is 1.